The standard InChI is InChI=1S/C68H47N3/c1-3-4-7-20-45(2)69-64-31-18-14-27-58(64)68(59-28-15-19-32-65(59)69)60-43-66-56(52-25-12-16-29-62(52)70(66)50-23-10-6-11-24-50)41-54(60)55-42-57-53-26-13-17-30-63(53)71(67(57)44-61(55)68)51-39-37-49(38-40-51)48-35-33-47(34-36-48)46-21-8-5-9-22-46/h3-44H,1H2,2H3/b7-4-,45-20+. The van der Waals surface area contributed by atoms with E-state index in [1.165, 1.54) is 111 Å². The fourth-order valence-corrected chi connectivity index (χ4v) is 12.2. The number of rotatable bonds is 7. The van der Waals surface area contributed by atoms with Crippen LogP contribution < -0.4 is 4.90 Å². The Morgan fingerprint density at radius 3 is 1.32 bits per heavy atom. The van der Waals surface area contributed by atoms with Crippen LogP contribution in [0.5, 0.6) is 0 Å². The third-order valence-electron chi connectivity index (χ3n) is 15.2. The molecule has 334 valence electrons. The van der Waals surface area contributed by atoms with E-state index in [0.29, 0.717) is 0 Å². The largest absolute Gasteiger partial charge is 0.314 e. The molecule has 0 fully saturated rings. The lowest BCUT2D eigenvalue weighted by Crippen LogP contribution is -2.37. The number of anilines is 2. The number of allylic oxidation sites excluding steroid dienone is 5. The highest BCUT2D eigenvalue weighted by atomic mass is 15.2. The van der Waals surface area contributed by atoms with Gasteiger partial charge < -0.3 is 14.0 Å². The number of nitrogens with zero attached hydrogens (tertiary/aromatic N) is 3. The zero-order valence-electron chi connectivity index (χ0n) is 39.3. The Kier molecular flexibility index (Phi) is 9.18. The zero-order chi connectivity index (χ0) is 47.2. The molecular formula is C68H47N3. The van der Waals surface area contributed by atoms with E-state index >= 15 is 0 Å². The van der Waals surface area contributed by atoms with Crippen molar-refractivity contribution in [2.75, 3.05) is 4.90 Å². The minimum Gasteiger partial charge on any atom is -0.314 e. The number of aromatic nitrogens is 2. The Bertz CT molecular complexity index is 4120. The molecule has 2 aromatic heterocycles. The van der Waals surface area contributed by atoms with Gasteiger partial charge in [-0.25, -0.2) is 0 Å². The van der Waals surface area contributed by atoms with Crippen LogP contribution in [-0.4, -0.2) is 9.13 Å². The predicted octanol–water partition coefficient (Wildman–Crippen LogP) is 17.7. The van der Waals surface area contributed by atoms with Crippen LogP contribution in [0.15, 0.2) is 267 Å². The van der Waals surface area contributed by atoms with E-state index in [1.54, 1.807) is 0 Å². The number of hydrogen-bond donors (Lipinski definition) is 0. The summed E-state index contributed by atoms with van der Waals surface area (Å²) in [6.07, 6.45) is 8.10. The van der Waals surface area contributed by atoms with Gasteiger partial charge in [0.15, 0.2) is 0 Å². The average Bonchev–Trinajstić information content (AvgIpc) is 4.05. The van der Waals surface area contributed by atoms with Crippen LogP contribution in [0.1, 0.15) is 29.2 Å². The molecule has 0 radical (unpaired) electrons. The molecule has 0 bridgehead atoms. The molecule has 0 saturated carbocycles. The van der Waals surface area contributed by atoms with Crippen LogP contribution >= 0.6 is 0 Å². The fraction of sp³-hybridized carbons (Fsp3) is 0.0294. The van der Waals surface area contributed by atoms with Crippen molar-refractivity contribution in [3.05, 3.63) is 289 Å². The van der Waals surface area contributed by atoms with Gasteiger partial charge >= 0.3 is 0 Å². The molecule has 0 atom stereocenters. The maximum atomic E-state index is 3.95. The van der Waals surface area contributed by atoms with Crippen molar-refractivity contribution >= 4 is 55.0 Å². The van der Waals surface area contributed by atoms with Crippen molar-refractivity contribution in [3.63, 3.8) is 0 Å². The summed E-state index contributed by atoms with van der Waals surface area (Å²) in [5, 5.41) is 4.96. The third-order valence-corrected chi connectivity index (χ3v) is 15.2. The van der Waals surface area contributed by atoms with E-state index in [-0.39, 0.29) is 0 Å². The number of benzene rings is 10. The Morgan fingerprint density at radius 2 is 0.803 bits per heavy atom. The third kappa shape index (κ3) is 5.97. The summed E-state index contributed by atoms with van der Waals surface area (Å²) in [5.74, 6) is 0. The van der Waals surface area contributed by atoms with E-state index in [0.717, 1.165) is 17.1 Å². The Balaban J connectivity index is 1.05. The van der Waals surface area contributed by atoms with Crippen LogP contribution in [0, 0.1) is 0 Å². The predicted molar refractivity (Wildman–Crippen MR) is 299 cm³/mol. The van der Waals surface area contributed by atoms with Crippen molar-refractivity contribution in [3.8, 4) is 44.8 Å². The Morgan fingerprint density at radius 1 is 0.380 bits per heavy atom. The van der Waals surface area contributed by atoms with E-state index in [2.05, 4.69) is 270 Å². The van der Waals surface area contributed by atoms with Gasteiger partial charge in [-0.15, -0.1) is 0 Å². The molecule has 2 aliphatic rings. The SMILES string of the molecule is C=C/C=C\C=C(/C)N1c2ccccc2C2(c3cc4c(cc3-c3cc5c6ccccc6n(-c6ccc(-c7ccc(-c8ccccc8)cc7)cc6)c5cc32)c2ccccc2n4-c2ccccc2)c2ccccc21. The summed E-state index contributed by atoms with van der Waals surface area (Å²) in [7, 11) is 0. The van der Waals surface area contributed by atoms with Crippen molar-refractivity contribution < 1.29 is 0 Å². The first-order valence-corrected chi connectivity index (χ1v) is 24.5. The lowest BCUT2D eigenvalue weighted by molar-refractivity contribution is 0.749. The van der Waals surface area contributed by atoms with Gasteiger partial charge in [0.1, 0.15) is 0 Å². The van der Waals surface area contributed by atoms with Crippen molar-refractivity contribution in [1.29, 1.82) is 0 Å². The summed E-state index contributed by atoms with van der Waals surface area (Å²) < 4.78 is 4.95. The van der Waals surface area contributed by atoms with Crippen molar-refractivity contribution in [2.24, 2.45) is 0 Å². The van der Waals surface area contributed by atoms with Crippen molar-refractivity contribution in [1.82, 2.24) is 9.13 Å². The van der Waals surface area contributed by atoms with Gasteiger partial charge in [-0.3, -0.25) is 0 Å². The summed E-state index contributed by atoms with van der Waals surface area (Å²) in [6, 6.07) is 85.7. The first kappa shape index (κ1) is 40.8. The van der Waals surface area contributed by atoms with Crippen molar-refractivity contribution in [2.45, 2.75) is 12.3 Å². The van der Waals surface area contributed by atoms with Gasteiger partial charge in [-0.1, -0.05) is 183 Å². The molecule has 3 heterocycles. The van der Waals surface area contributed by atoms with Crippen LogP contribution in [-0.2, 0) is 5.41 Å². The van der Waals surface area contributed by atoms with E-state index in [4.69, 9.17) is 0 Å². The molecule has 3 nitrogen and oxygen atoms in total. The Hall–Kier alpha value is -9.18. The van der Waals surface area contributed by atoms with Gasteiger partial charge in [0, 0.05) is 38.6 Å². The zero-order valence-corrected chi connectivity index (χ0v) is 39.3. The number of fused-ring (bicyclic) bond motifs is 15. The molecule has 71 heavy (non-hydrogen) atoms. The quantitative estimate of drug-likeness (QED) is 0.145. The summed E-state index contributed by atoms with van der Waals surface area (Å²) in [5.41, 5.74) is 22.3. The second-order valence-corrected chi connectivity index (χ2v) is 18.9. The highest BCUT2D eigenvalue weighted by Crippen LogP contribution is 2.64. The highest BCUT2D eigenvalue weighted by molar-refractivity contribution is 6.15. The van der Waals surface area contributed by atoms with Gasteiger partial charge in [0.25, 0.3) is 0 Å². The van der Waals surface area contributed by atoms with E-state index in [1.807, 2.05) is 12.2 Å². The Labute approximate surface area is 413 Å². The molecule has 0 unspecified atom stereocenters. The minimum absolute atomic E-state index is 0.678. The van der Waals surface area contributed by atoms with Gasteiger partial charge in [-0.2, -0.15) is 0 Å². The smallest absolute Gasteiger partial charge is 0.0755 e. The van der Waals surface area contributed by atoms with Crippen LogP contribution in [0.4, 0.5) is 11.4 Å². The minimum atomic E-state index is -0.678. The first-order chi connectivity index (χ1) is 35.1. The number of para-hydroxylation sites is 5. The maximum Gasteiger partial charge on any atom is 0.0755 e. The first-order valence-electron chi connectivity index (χ1n) is 24.5. The van der Waals surface area contributed by atoms with Crippen LogP contribution in [0.3, 0.4) is 0 Å². The summed E-state index contributed by atoms with van der Waals surface area (Å²) >= 11 is 0. The van der Waals surface area contributed by atoms with Crippen LogP contribution in [0.25, 0.3) is 88.4 Å². The highest BCUT2D eigenvalue weighted by Gasteiger charge is 2.52. The van der Waals surface area contributed by atoms with E-state index < -0.39 is 5.41 Å². The molecule has 1 spiro atoms. The van der Waals surface area contributed by atoms with Crippen LogP contribution in [0.2, 0.25) is 0 Å². The molecule has 3 heteroatoms. The fourth-order valence-electron chi connectivity index (χ4n) is 12.2. The number of hydrogen-bond acceptors (Lipinski definition) is 1. The summed E-state index contributed by atoms with van der Waals surface area (Å²) in [6.45, 7) is 6.16. The molecular weight excluding hydrogens is 859 g/mol. The lowest BCUT2D eigenvalue weighted by atomic mass is 9.64. The molecule has 0 saturated heterocycles. The second kappa shape index (κ2) is 15.9. The average molecular weight is 906 g/mol. The molecule has 12 aromatic rings. The molecule has 1 aliphatic heterocycles. The molecule has 1 aliphatic carbocycles. The normalized spacial score (nSPS) is 13.6. The molecule has 0 N–H and O–H groups in total. The maximum absolute atomic E-state index is 3.95. The molecule has 0 amide bonds. The molecule has 14 rings (SSSR count). The van der Waals surface area contributed by atoms with Gasteiger partial charge in [-0.05, 0) is 141 Å². The summed E-state index contributed by atoms with van der Waals surface area (Å²) in [4.78, 5) is 2.45. The monoisotopic (exact) mass is 905 g/mol. The molecule has 10 aromatic carbocycles. The van der Waals surface area contributed by atoms with Gasteiger partial charge in [0.2, 0.25) is 0 Å². The van der Waals surface area contributed by atoms with E-state index in [9.17, 15) is 0 Å². The lowest BCUT2D eigenvalue weighted by Gasteiger charge is -2.45. The second-order valence-electron chi connectivity index (χ2n) is 18.9. The topological polar surface area (TPSA) is 13.1 Å². The van der Waals surface area contributed by atoms with Gasteiger partial charge in [0.05, 0.1) is 38.9 Å².